The summed E-state index contributed by atoms with van der Waals surface area (Å²) in [6, 6.07) is 9.53. The first-order valence-electron chi connectivity index (χ1n) is 5.95. The lowest BCUT2D eigenvalue weighted by molar-refractivity contribution is -0.137. The summed E-state index contributed by atoms with van der Waals surface area (Å²) < 4.78 is 38.7. The van der Waals surface area contributed by atoms with Gasteiger partial charge in [-0.1, -0.05) is 53.9 Å². The first-order valence-corrected chi connectivity index (χ1v) is 7.99. The molecule has 108 valence electrons. The molecule has 21 heavy (non-hydrogen) atoms. The van der Waals surface area contributed by atoms with E-state index < -0.39 is 11.2 Å². The van der Waals surface area contributed by atoms with Crippen molar-refractivity contribution in [1.29, 1.82) is 0 Å². The third-order valence-corrected chi connectivity index (χ3v) is 5.60. The average Bonchev–Trinajstić information content (AvgIpc) is 2.76. The van der Waals surface area contributed by atoms with Gasteiger partial charge in [-0.05, 0) is 18.1 Å². The quantitative estimate of drug-likeness (QED) is 0.497. The summed E-state index contributed by atoms with van der Waals surface area (Å²) in [6.07, 6.45) is -4.46. The summed E-state index contributed by atoms with van der Waals surface area (Å²) in [4.78, 5) is 5.02. The van der Waals surface area contributed by atoms with E-state index >= 15 is 0 Å². The highest BCUT2D eigenvalue weighted by atomic mass is 32.1. The molecule has 0 amide bonds. The van der Waals surface area contributed by atoms with Gasteiger partial charge < -0.3 is 0 Å². The zero-order chi connectivity index (χ0) is 15.2. The summed E-state index contributed by atoms with van der Waals surface area (Å²) >= 11 is 6.92. The maximum Gasteiger partial charge on any atom is 0.443 e. The van der Waals surface area contributed by atoms with Crippen molar-refractivity contribution in [2.45, 2.75) is 13.1 Å². The van der Waals surface area contributed by atoms with Crippen molar-refractivity contribution >= 4 is 45.1 Å². The predicted molar refractivity (Wildman–Crippen MR) is 83.5 cm³/mol. The maximum atomic E-state index is 12.8. The second-order valence-corrected chi connectivity index (χ2v) is 7.07. The van der Waals surface area contributed by atoms with E-state index in [9.17, 15) is 13.2 Å². The zero-order valence-electron chi connectivity index (χ0n) is 10.7. The Morgan fingerprint density at radius 2 is 1.76 bits per heavy atom. The van der Waals surface area contributed by atoms with Crippen LogP contribution in [0.2, 0.25) is 0 Å². The molecule has 0 radical (unpaired) electrons. The Morgan fingerprint density at radius 3 is 2.38 bits per heavy atom. The third-order valence-electron chi connectivity index (χ3n) is 3.00. The molecule has 0 aliphatic heterocycles. The van der Waals surface area contributed by atoms with Crippen LogP contribution in [0.3, 0.4) is 0 Å². The summed E-state index contributed by atoms with van der Waals surface area (Å²) in [7, 11) is 0. The van der Waals surface area contributed by atoms with Gasteiger partial charge in [-0.3, -0.25) is 0 Å². The van der Waals surface area contributed by atoms with Gasteiger partial charge >= 0.3 is 6.18 Å². The average molecular weight is 343 g/mol. The Kier molecular flexibility index (Phi) is 3.59. The van der Waals surface area contributed by atoms with Gasteiger partial charge in [0, 0.05) is 10.3 Å². The van der Waals surface area contributed by atoms with Crippen molar-refractivity contribution in [2.24, 2.45) is 0 Å². The van der Waals surface area contributed by atoms with Gasteiger partial charge in [0.1, 0.15) is 8.65 Å². The Labute approximate surface area is 131 Å². The molecule has 2 aromatic heterocycles. The van der Waals surface area contributed by atoms with E-state index in [0.29, 0.717) is 21.6 Å². The highest BCUT2D eigenvalue weighted by Gasteiger charge is 2.34. The predicted octanol–water partition coefficient (Wildman–Crippen LogP) is 6.08. The molecule has 0 fully saturated rings. The van der Waals surface area contributed by atoms with E-state index in [1.807, 2.05) is 37.3 Å². The SMILES string of the molecule is Cc1c(-c2ccccc2)sc2nc(C(F)(F)F)sc(=S)c12. The van der Waals surface area contributed by atoms with Crippen LogP contribution in [-0.2, 0) is 6.18 Å². The fraction of sp³-hybridized carbons (Fsp3) is 0.143. The van der Waals surface area contributed by atoms with Crippen LogP contribution in [0.25, 0.3) is 20.7 Å². The molecule has 3 aromatic rings. The highest BCUT2D eigenvalue weighted by molar-refractivity contribution is 7.73. The number of hydrogen-bond donors (Lipinski definition) is 0. The summed E-state index contributed by atoms with van der Waals surface area (Å²) in [5.41, 5.74) is 1.86. The normalized spacial score (nSPS) is 12.0. The summed E-state index contributed by atoms with van der Waals surface area (Å²) in [5, 5.41) is -0.229. The number of nitrogens with zero attached hydrogens (tertiary/aromatic N) is 1. The van der Waals surface area contributed by atoms with Crippen molar-refractivity contribution in [3.8, 4) is 10.4 Å². The van der Waals surface area contributed by atoms with Gasteiger partial charge in [-0.15, -0.1) is 11.3 Å². The minimum atomic E-state index is -4.46. The number of aryl methyl sites for hydroxylation is 1. The topological polar surface area (TPSA) is 12.9 Å². The fourth-order valence-corrected chi connectivity index (χ4v) is 4.71. The van der Waals surface area contributed by atoms with Crippen molar-refractivity contribution in [2.75, 3.05) is 0 Å². The van der Waals surface area contributed by atoms with Crippen LogP contribution in [0.5, 0.6) is 0 Å². The van der Waals surface area contributed by atoms with Crippen LogP contribution in [-0.4, -0.2) is 4.98 Å². The van der Waals surface area contributed by atoms with Crippen LogP contribution in [0, 0.1) is 10.7 Å². The lowest BCUT2D eigenvalue weighted by Crippen LogP contribution is -2.05. The molecule has 2 heterocycles. The molecular weight excluding hydrogens is 335 g/mol. The first kappa shape index (κ1) is 14.6. The number of thiophene rings is 1. The number of aromatic nitrogens is 1. The van der Waals surface area contributed by atoms with Gasteiger partial charge in [0.2, 0.25) is 5.01 Å². The van der Waals surface area contributed by atoms with E-state index in [4.69, 9.17) is 12.2 Å². The Morgan fingerprint density at radius 1 is 1.10 bits per heavy atom. The lowest BCUT2D eigenvalue weighted by atomic mass is 10.1. The standard InChI is InChI=1S/C14H8F3NS3/c1-7-9-11(18-13(14(15,16)17)21-12(9)19)20-10(7)8-5-3-2-4-6-8/h2-6H,1H3. The minimum absolute atomic E-state index is 0.239. The maximum absolute atomic E-state index is 12.8. The van der Waals surface area contributed by atoms with Crippen molar-refractivity contribution in [3.63, 3.8) is 0 Å². The monoisotopic (exact) mass is 343 g/mol. The van der Waals surface area contributed by atoms with Gasteiger partial charge in [0.15, 0.2) is 0 Å². The van der Waals surface area contributed by atoms with Crippen LogP contribution in [0.1, 0.15) is 10.6 Å². The smallest absolute Gasteiger partial charge is 0.222 e. The van der Waals surface area contributed by atoms with E-state index in [-0.39, 0.29) is 3.82 Å². The molecular formula is C14H8F3NS3. The molecule has 0 N–H and O–H groups in total. The first-order chi connectivity index (χ1) is 9.88. The number of halogens is 3. The molecule has 0 unspecified atom stereocenters. The molecule has 0 saturated heterocycles. The van der Waals surface area contributed by atoms with Crippen molar-refractivity contribution in [1.82, 2.24) is 4.98 Å². The Balaban J connectivity index is 2.30. The number of hydrogen-bond acceptors (Lipinski definition) is 4. The van der Waals surface area contributed by atoms with Crippen LogP contribution in [0.4, 0.5) is 13.2 Å². The van der Waals surface area contributed by atoms with Gasteiger partial charge in [0.25, 0.3) is 0 Å². The van der Waals surface area contributed by atoms with Gasteiger partial charge in [-0.25, -0.2) is 4.98 Å². The van der Waals surface area contributed by atoms with E-state index in [1.54, 1.807) is 0 Å². The van der Waals surface area contributed by atoms with E-state index in [0.717, 1.165) is 16.0 Å². The molecule has 1 nitrogen and oxygen atoms in total. The molecule has 0 atom stereocenters. The van der Waals surface area contributed by atoms with Gasteiger partial charge in [-0.2, -0.15) is 13.2 Å². The van der Waals surface area contributed by atoms with Crippen LogP contribution >= 0.6 is 34.9 Å². The largest absolute Gasteiger partial charge is 0.443 e. The fourth-order valence-electron chi connectivity index (χ4n) is 2.06. The second-order valence-electron chi connectivity index (χ2n) is 4.41. The van der Waals surface area contributed by atoms with Crippen molar-refractivity contribution < 1.29 is 13.2 Å². The summed E-state index contributed by atoms with van der Waals surface area (Å²) in [5.74, 6) is 0. The Hall–Kier alpha value is -1.31. The van der Waals surface area contributed by atoms with E-state index in [1.165, 1.54) is 11.3 Å². The minimum Gasteiger partial charge on any atom is -0.222 e. The van der Waals surface area contributed by atoms with Gasteiger partial charge in [0.05, 0.1) is 0 Å². The zero-order valence-corrected chi connectivity index (χ0v) is 13.1. The van der Waals surface area contributed by atoms with Crippen molar-refractivity contribution in [3.05, 3.63) is 44.7 Å². The lowest BCUT2D eigenvalue weighted by Gasteiger charge is -2.03. The number of rotatable bonds is 1. The number of benzene rings is 1. The molecule has 0 aliphatic carbocycles. The molecule has 1 aromatic carbocycles. The number of fused-ring (bicyclic) bond motifs is 1. The second kappa shape index (κ2) is 5.15. The number of alkyl halides is 3. The highest BCUT2D eigenvalue weighted by Crippen LogP contribution is 2.41. The Bertz CT molecular complexity index is 863. The molecule has 0 spiro atoms. The molecule has 3 rings (SSSR count). The molecule has 7 heteroatoms. The molecule has 0 bridgehead atoms. The summed E-state index contributed by atoms with van der Waals surface area (Å²) in [6.45, 7) is 1.87. The third kappa shape index (κ3) is 2.61. The van der Waals surface area contributed by atoms with Crippen LogP contribution in [0.15, 0.2) is 30.3 Å². The molecule has 0 aliphatic rings. The van der Waals surface area contributed by atoms with Crippen LogP contribution < -0.4 is 0 Å². The molecule has 0 saturated carbocycles. The van der Waals surface area contributed by atoms with E-state index in [2.05, 4.69) is 4.98 Å².